The lowest BCUT2D eigenvalue weighted by molar-refractivity contribution is -0.384. The summed E-state index contributed by atoms with van der Waals surface area (Å²) in [6.07, 6.45) is 0.743. The van der Waals surface area contributed by atoms with Gasteiger partial charge in [-0.15, -0.1) is 11.8 Å². The summed E-state index contributed by atoms with van der Waals surface area (Å²) < 4.78 is 0. The maximum atomic E-state index is 13.7. The number of amides is 2. The van der Waals surface area contributed by atoms with Crippen LogP contribution in [0, 0.1) is 39.7 Å². The molecule has 36 heavy (non-hydrogen) atoms. The molecule has 4 aliphatic rings. The van der Waals surface area contributed by atoms with Crippen LogP contribution >= 0.6 is 23.1 Å². The van der Waals surface area contributed by atoms with Crippen LogP contribution in [-0.2, 0) is 9.59 Å². The number of H-pyrrole nitrogens is 1. The molecule has 2 aliphatic carbocycles. The van der Waals surface area contributed by atoms with Crippen molar-refractivity contribution in [3.63, 3.8) is 0 Å². The summed E-state index contributed by atoms with van der Waals surface area (Å²) in [6.45, 7) is 0. The molecule has 11 heteroatoms. The lowest BCUT2D eigenvalue weighted by Gasteiger charge is -2.43. The number of thiazole rings is 1. The number of aromatic amines is 1. The number of phenolic OH excluding ortho intramolecular Hbond substituents is 1. The summed E-state index contributed by atoms with van der Waals surface area (Å²) in [5.41, 5.74) is 0.976. The first kappa shape index (κ1) is 21.8. The summed E-state index contributed by atoms with van der Waals surface area (Å²) in [5, 5.41) is 22.6. The second-order valence-electron chi connectivity index (χ2n) is 9.80. The van der Waals surface area contributed by atoms with Crippen molar-refractivity contribution in [3.8, 4) is 5.75 Å². The highest BCUT2D eigenvalue weighted by atomic mass is 32.2. The Hall–Kier alpha value is -3.44. The molecule has 9 nitrogen and oxygen atoms in total. The molecule has 1 aromatic heterocycles. The van der Waals surface area contributed by atoms with Crippen LogP contribution in [0.25, 0.3) is 0 Å². The fourth-order valence-corrected chi connectivity index (χ4v) is 9.97. The van der Waals surface area contributed by atoms with E-state index in [2.05, 4.69) is 4.98 Å². The number of aromatic nitrogens is 1. The Kier molecular flexibility index (Phi) is 4.56. The van der Waals surface area contributed by atoms with E-state index >= 15 is 0 Å². The van der Waals surface area contributed by atoms with Gasteiger partial charge in [-0.1, -0.05) is 29.5 Å². The molecular formula is C25H19N3O6S2. The second-order valence-corrected chi connectivity index (χ2v) is 12.0. The summed E-state index contributed by atoms with van der Waals surface area (Å²) in [5.74, 6) is -1.68. The minimum absolute atomic E-state index is 0.0120. The predicted octanol–water partition coefficient (Wildman–Crippen LogP) is 3.73. The normalized spacial score (nSPS) is 31.9. The monoisotopic (exact) mass is 521 g/mol. The number of aromatic hydroxyl groups is 1. The molecule has 2 N–H and O–H groups in total. The Morgan fingerprint density at radius 2 is 1.69 bits per heavy atom. The summed E-state index contributed by atoms with van der Waals surface area (Å²) in [4.78, 5) is 55.0. The molecule has 3 aromatic rings. The molecule has 0 unspecified atom stereocenters. The molecule has 2 aromatic carbocycles. The van der Waals surface area contributed by atoms with Crippen molar-refractivity contribution >= 4 is 46.3 Å². The van der Waals surface area contributed by atoms with Gasteiger partial charge in [0.15, 0.2) is 0 Å². The van der Waals surface area contributed by atoms with E-state index in [1.807, 2.05) is 12.1 Å². The molecule has 2 amide bonds. The van der Waals surface area contributed by atoms with E-state index in [9.17, 15) is 29.6 Å². The zero-order valence-corrected chi connectivity index (χ0v) is 20.2. The number of para-hydroxylation sites is 1. The first-order valence-corrected chi connectivity index (χ1v) is 13.3. The van der Waals surface area contributed by atoms with Crippen LogP contribution in [0.3, 0.4) is 0 Å². The van der Waals surface area contributed by atoms with Crippen molar-refractivity contribution in [1.82, 2.24) is 4.98 Å². The molecule has 2 bridgehead atoms. The van der Waals surface area contributed by atoms with Crippen LogP contribution < -0.4 is 9.77 Å². The highest BCUT2D eigenvalue weighted by Crippen LogP contribution is 2.69. The number of nitro benzene ring substituents is 1. The molecular weight excluding hydrogens is 502 g/mol. The highest BCUT2D eigenvalue weighted by molar-refractivity contribution is 8.00. The minimum Gasteiger partial charge on any atom is -0.508 e. The van der Waals surface area contributed by atoms with Crippen LogP contribution in [-0.4, -0.2) is 32.1 Å². The number of thioether (sulfide) groups is 1. The number of hydrogen-bond acceptors (Lipinski definition) is 8. The molecule has 7 atom stereocenters. The van der Waals surface area contributed by atoms with Crippen molar-refractivity contribution in [1.29, 1.82) is 0 Å². The number of anilines is 1. The highest BCUT2D eigenvalue weighted by Gasteiger charge is 2.69. The summed E-state index contributed by atoms with van der Waals surface area (Å²) in [7, 11) is 0. The third kappa shape index (κ3) is 2.81. The van der Waals surface area contributed by atoms with Crippen molar-refractivity contribution in [2.45, 2.75) is 22.6 Å². The summed E-state index contributed by atoms with van der Waals surface area (Å²) >= 11 is 2.73. The number of imide groups is 1. The minimum atomic E-state index is -0.517. The SMILES string of the molecule is O=C1[C@H]2[C@H]3C[C@@H]([C@@H]2C(=O)N1c1ccc([N+](=O)[O-])cc1)[C@H]1[C@H](c2ccccc2O)c2sc(=O)[nH]c2S[C@H]31. The van der Waals surface area contributed by atoms with Crippen LogP contribution in [0.1, 0.15) is 22.8 Å². The van der Waals surface area contributed by atoms with Gasteiger partial charge in [-0.05, 0) is 42.4 Å². The maximum absolute atomic E-state index is 13.7. The number of non-ortho nitro benzene ring substituents is 1. The topological polar surface area (TPSA) is 134 Å². The second kappa shape index (κ2) is 7.53. The Morgan fingerprint density at radius 3 is 2.39 bits per heavy atom. The van der Waals surface area contributed by atoms with Crippen molar-refractivity contribution in [2.24, 2.45) is 29.6 Å². The van der Waals surface area contributed by atoms with Gasteiger partial charge in [-0.3, -0.25) is 29.4 Å². The van der Waals surface area contributed by atoms with Gasteiger partial charge in [0.2, 0.25) is 11.8 Å². The number of nitrogens with one attached hydrogen (secondary N) is 1. The van der Waals surface area contributed by atoms with E-state index in [0.717, 1.165) is 33.2 Å². The molecule has 7 rings (SSSR count). The molecule has 1 saturated heterocycles. The van der Waals surface area contributed by atoms with Crippen LogP contribution in [0.4, 0.5) is 11.4 Å². The molecule has 3 fully saturated rings. The molecule has 0 radical (unpaired) electrons. The Morgan fingerprint density at radius 1 is 1.00 bits per heavy atom. The van der Waals surface area contributed by atoms with E-state index in [4.69, 9.17) is 0 Å². The number of phenols is 1. The van der Waals surface area contributed by atoms with Gasteiger partial charge in [-0.25, -0.2) is 0 Å². The van der Waals surface area contributed by atoms with Gasteiger partial charge < -0.3 is 10.1 Å². The molecule has 0 spiro atoms. The van der Waals surface area contributed by atoms with Gasteiger partial charge in [0.25, 0.3) is 5.69 Å². The van der Waals surface area contributed by atoms with Crippen LogP contribution in [0.2, 0.25) is 0 Å². The first-order chi connectivity index (χ1) is 17.3. The van der Waals surface area contributed by atoms with Crippen LogP contribution in [0.5, 0.6) is 5.75 Å². The number of benzene rings is 2. The third-order valence-electron chi connectivity index (χ3n) is 8.31. The smallest absolute Gasteiger partial charge is 0.305 e. The van der Waals surface area contributed by atoms with Crippen molar-refractivity contribution < 1.29 is 19.6 Å². The number of fused-ring (bicyclic) bond motifs is 9. The molecule has 2 aliphatic heterocycles. The molecule has 2 saturated carbocycles. The van der Waals surface area contributed by atoms with Gasteiger partial charge >= 0.3 is 4.87 Å². The lowest BCUT2D eigenvalue weighted by atomic mass is 9.68. The fourth-order valence-electron chi connectivity index (χ4n) is 7.09. The van der Waals surface area contributed by atoms with Gasteiger partial charge in [0.1, 0.15) is 5.75 Å². The largest absolute Gasteiger partial charge is 0.508 e. The van der Waals surface area contributed by atoms with E-state index in [1.54, 1.807) is 23.9 Å². The fraction of sp³-hybridized carbons (Fsp3) is 0.320. The third-order valence-corrected chi connectivity index (χ3v) is 10.9. The van der Waals surface area contributed by atoms with Gasteiger partial charge in [-0.2, -0.15) is 0 Å². The van der Waals surface area contributed by atoms with E-state index in [-0.39, 0.29) is 57.0 Å². The zero-order chi connectivity index (χ0) is 24.9. The standard InChI is InChI=1S/C25H19N3O6S2/c29-15-4-2-1-3-12(15)16-17-13-9-14(20(17)35-22-21(16)36-25(32)26-22)19-18(13)23(30)27(24(19)31)10-5-7-11(8-6-10)28(33)34/h1-8,13-14,16-20,29H,9H2,(H,26,32)/t13-,14-,16+,17+,18+,19+,20-/m1/s1. The Balaban J connectivity index is 1.31. The average Bonchev–Trinajstić information content (AvgIpc) is 3.58. The van der Waals surface area contributed by atoms with Gasteiger partial charge in [0.05, 0.1) is 27.5 Å². The first-order valence-electron chi connectivity index (χ1n) is 11.6. The Bertz CT molecular complexity index is 1510. The van der Waals surface area contributed by atoms with Gasteiger partial charge in [0, 0.05) is 33.7 Å². The van der Waals surface area contributed by atoms with E-state index in [0.29, 0.717) is 5.69 Å². The van der Waals surface area contributed by atoms with Crippen molar-refractivity contribution in [3.05, 3.63) is 78.8 Å². The molecule has 3 heterocycles. The van der Waals surface area contributed by atoms with Crippen molar-refractivity contribution in [2.75, 3.05) is 4.90 Å². The lowest BCUT2D eigenvalue weighted by Crippen LogP contribution is -2.42. The quantitative estimate of drug-likeness (QED) is 0.305. The number of carbonyl (C=O) groups excluding carboxylic acids is 2. The number of rotatable bonds is 3. The predicted molar refractivity (Wildman–Crippen MR) is 132 cm³/mol. The van der Waals surface area contributed by atoms with Crippen LogP contribution in [0.15, 0.2) is 58.4 Å². The number of hydrogen-bond donors (Lipinski definition) is 2. The number of nitrogens with zero attached hydrogens (tertiary/aromatic N) is 2. The van der Waals surface area contributed by atoms with E-state index in [1.165, 1.54) is 29.2 Å². The molecule has 182 valence electrons. The number of nitro groups is 1. The Labute approximate surface area is 212 Å². The summed E-state index contributed by atoms with van der Waals surface area (Å²) in [6, 6.07) is 12.6. The number of carbonyl (C=O) groups is 2. The average molecular weight is 522 g/mol. The maximum Gasteiger partial charge on any atom is 0.305 e. The van der Waals surface area contributed by atoms with E-state index < -0.39 is 16.8 Å². The zero-order valence-electron chi connectivity index (χ0n) is 18.6.